The summed E-state index contributed by atoms with van der Waals surface area (Å²) in [5, 5.41) is 9.46. The Morgan fingerprint density at radius 2 is 1.88 bits per heavy atom. The fourth-order valence-electron chi connectivity index (χ4n) is 2.80. The number of allylic oxidation sites excluding steroid dienone is 1. The second-order valence-electron chi connectivity index (χ2n) is 5.74. The van der Waals surface area contributed by atoms with Gasteiger partial charge in [-0.1, -0.05) is 35.9 Å². The molecule has 24 heavy (non-hydrogen) atoms. The lowest BCUT2D eigenvalue weighted by molar-refractivity contribution is 0.624. The lowest BCUT2D eigenvalue weighted by atomic mass is 10.1. The first-order chi connectivity index (χ1) is 11.6. The Balaban J connectivity index is 2.10. The van der Waals surface area contributed by atoms with E-state index in [4.69, 9.17) is 0 Å². The molecule has 0 fully saturated rings. The van der Waals surface area contributed by atoms with Gasteiger partial charge in [0.05, 0.1) is 11.6 Å². The van der Waals surface area contributed by atoms with Gasteiger partial charge in [0.1, 0.15) is 5.82 Å². The second-order valence-corrected chi connectivity index (χ2v) is 5.74. The number of aryl methyl sites for hydroxylation is 2. The topological polar surface area (TPSA) is 28.7 Å². The molecule has 0 saturated carbocycles. The number of hydrogen-bond acceptors (Lipinski definition) is 1. The normalized spacial score (nSPS) is 11.3. The van der Waals surface area contributed by atoms with Crippen molar-refractivity contribution in [1.29, 1.82) is 5.26 Å². The number of nitrogens with zero attached hydrogens (tertiary/aromatic N) is 2. The number of halogens is 1. The zero-order valence-electron chi connectivity index (χ0n) is 13.6. The predicted octanol–water partition coefficient (Wildman–Crippen LogP) is 5.30. The number of rotatable bonds is 3. The molecule has 3 rings (SSSR count). The molecule has 2 nitrogen and oxygen atoms in total. The van der Waals surface area contributed by atoms with Crippen LogP contribution in [0.1, 0.15) is 22.4 Å². The fraction of sp³-hybridized carbons (Fsp3) is 0.0952. The molecule has 0 spiro atoms. The Hall–Kier alpha value is -3.12. The van der Waals surface area contributed by atoms with Gasteiger partial charge in [-0.3, -0.25) is 0 Å². The summed E-state index contributed by atoms with van der Waals surface area (Å²) in [6.07, 6.45) is 3.66. The Labute approximate surface area is 141 Å². The van der Waals surface area contributed by atoms with E-state index in [2.05, 4.69) is 38.1 Å². The van der Waals surface area contributed by atoms with Crippen LogP contribution >= 0.6 is 0 Å². The zero-order valence-corrected chi connectivity index (χ0v) is 13.6. The highest BCUT2D eigenvalue weighted by Crippen LogP contribution is 2.24. The van der Waals surface area contributed by atoms with E-state index in [1.807, 2.05) is 22.9 Å². The summed E-state index contributed by atoms with van der Waals surface area (Å²) < 4.78 is 16.0. The average Bonchev–Trinajstić information content (AvgIpc) is 3.01. The Bertz CT molecular complexity index is 958. The fourth-order valence-corrected chi connectivity index (χ4v) is 2.80. The van der Waals surface area contributed by atoms with Crippen molar-refractivity contribution in [3.8, 4) is 11.8 Å². The monoisotopic (exact) mass is 316 g/mol. The van der Waals surface area contributed by atoms with Crippen LogP contribution in [0, 0.1) is 31.0 Å². The molecule has 0 aliphatic carbocycles. The summed E-state index contributed by atoms with van der Waals surface area (Å²) in [6, 6.07) is 18.5. The minimum atomic E-state index is -0.394. The highest BCUT2D eigenvalue weighted by molar-refractivity contribution is 5.89. The molecule has 0 unspecified atom stereocenters. The number of nitriles is 1. The molecule has 1 heterocycles. The van der Waals surface area contributed by atoms with Gasteiger partial charge in [-0.15, -0.1) is 0 Å². The lowest BCUT2D eigenvalue weighted by Gasteiger charge is -2.11. The first-order valence-electron chi connectivity index (χ1n) is 7.72. The van der Waals surface area contributed by atoms with Gasteiger partial charge in [0.15, 0.2) is 0 Å². The molecule has 0 bridgehead atoms. The number of hydrogen-bond donors (Lipinski definition) is 0. The largest absolute Gasteiger partial charge is 0.317 e. The van der Waals surface area contributed by atoms with Gasteiger partial charge in [-0.2, -0.15) is 5.26 Å². The predicted molar refractivity (Wildman–Crippen MR) is 95.1 cm³/mol. The van der Waals surface area contributed by atoms with E-state index >= 15 is 0 Å². The maximum Gasteiger partial charge on any atom is 0.131 e. The highest BCUT2D eigenvalue weighted by Gasteiger charge is 2.10. The van der Waals surface area contributed by atoms with Crippen LogP contribution in [0.25, 0.3) is 17.3 Å². The molecule has 0 radical (unpaired) electrons. The molecule has 3 heteroatoms. The molecule has 0 N–H and O–H groups in total. The van der Waals surface area contributed by atoms with E-state index in [-0.39, 0.29) is 0 Å². The van der Waals surface area contributed by atoms with Crippen molar-refractivity contribution in [2.45, 2.75) is 13.8 Å². The third kappa shape index (κ3) is 3.00. The number of aromatic nitrogens is 1. The summed E-state index contributed by atoms with van der Waals surface area (Å²) >= 11 is 0. The first-order valence-corrected chi connectivity index (χ1v) is 7.72. The van der Waals surface area contributed by atoms with Crippen LogP contribution in [-0.4, -0.2) is 4.57 Å². The van der Waals surface area contributed by atoms with E-state index in [0.717, 1.165) is 16.9 Å². The smallest absolute Gasteiger partial charge is 0.131 e. The van der Waals surface area contributed by atoms with Crippen molar-refractivity contribution in [1.82, 2.24) is 4.57 Å². The summed E-state index contributed by atoms with van der Waals surface area (Å²) in [4.78, 5) is 0. The van der Waals surface area contributed by atoms with Crippen LogP contribution < -0.4 is 0 Å². The zero-order chi connectivity index (χ0) is 17.1. The summed E-state index contributed by atoms with van der Waals surface area (Å²) in [7, 11) is 0. The standard InChI is InChI=1S/C21H17FN2/c1-15-9-10-21(16(2)12-15)24-11-5-6-18(24)13-17(14-23)19-7-3-4-8-20(19)22/h3-13H,1-2H3. The summed E-state index contributed by atoms with van der Waals surface area (Å²) in [6.45, 7) is 4.11. The third-order valence-corrected chi connectivity index (χ3v) is 3.97. The van der Waals surface area contributed by atoms with Crippen molar-refractivity contribution in [3.05, 3.63) is 89.0 Å². The van der Waals surface area contributed by atoms with Gasteiger partial charge in [0, 0.05) is 23.1 Å². The molecule has 1 aromatic heterocycles. The van der Waals surface area contributed by atoms with E-state index in [1.165, 1.54) is 11.6 Å². The van der Waals surface area contributed by atoms with Crippen molar-refractivity contribution >= 4 is 11.6 Å². The Kier molecular flexibility index (Phi) is 4.31. The molecule has 0 atom stereocenters. The molecule has 0 amide bonds. The first kappa shape index (κ1) is 15.8. The van der Waals surface area contributed by atoms with E-state index in [0.29, 0.717) is 11.1 Å². The van der Waals surface area contributed by atoms with Gasteiger partial charge >= 0.3 is 0 Å². The molecule has 0 aliphatic heterocycles. The summed E-state index contributed by atoms with van der Waals surface area (Å²) in [5.41, 5.74) is 4.84. The van der Waals surface area contributed by atoms with Crippen molar-refractivity contribution < 1.29 is 4.39 Å². The van der Waals surface area contributed by atoms with Gasteiger partial charge in [0.25, 0.3) is 0 Å². The van der Waals surface area contributed by atoms with Gasteiger partial charge in [0.2, 0.25) is 0 Å². The van der Waals surface area contributed by atoms with E-state index in [1.54, 1.807) is 24.3 Å². The highest BCUT2D eigenvalue weighted by atomic mass is 19.1. The molecular formula is C21H17FN2. The van der Waals surface area contributed by atoms with Crippen molar-refractivity contribution in [2.24, 2.45) is 0 Å². The lowest BCUT2D eigenvalue weighted by Crippen LogP contribution is -1.98. The quantitative estimate of drug-likeness (QED) is 0.603. The average molecular weight is 316 g/mol. The Morgan fingerprint density at radius 3 is 2.58 bits per heavy atom. The second kappa shape index (κ2) is 6.55. The molecule has 118 valence electrons. The third-order valence-electron chi connectivity index (χ3n) is 3.97. The molecule has 3 aromatic rings. The van der Waals surface area contributed by atoms with E-state index in [9.17, 15) is 9.65 Å². The maximum absolute atomic E-state index is 14.0. The van der Waals surface area contributed by atoms with Gasteiger partial charge in [-0.05, 0) is 49.8 Å². The van der Waals surface area contributed by atoms with Crippen LogP contribution in [0.2, 0.25) is 0 Å². The van der Waals surface area contributed by atoms with Crippen LogP contribution in [0.5, 0.6) is 0 Å². The molecule has 0 aliphatic rings. The minimum Gasteiger partial charge on any atom is -0.317 e. The van der Waals surface area contributed by atoms with Gasteiger partial charge < -0.3 is 4.57 Å². The van der Waals surface area contributed by atoms with E-state index < -0.39 is 5.82 Å². The van der Waals surface area contributed by atoms with Crippen molar-refractivity contribution in [3.63, 3.8) is 0 Å². The van der Waals surface area contributed by atoms with Crippen molar-refractivity contribution in [2.75, 3.05) is 0 Å². The maximum atomic E-state index is 14.0. The van der Waals surface area contributed by atoms with Gasteiger partial charge in [-0.25, -0.2) is 4.39 Å². The SMILES string of the molecule is Cc1ccc(-n2cccc2C=C(C#N)c2ccccc2F)c(C)c1. The number of benzene rings is 2. The van der Waals surface area contributed by atoms with Crippen LogP contribution in [0.3, 0.4) is 0 Å². The molecule has 0 saturated heterocycles. The van der Waals surface area contributed by atoms with Crippen LogP contribution in [0.4, 0.5) is 4.39 Å². The van der Waals surface area contributed by atoms with Crippen LogP contribution in [0.15, 0.2) is 60.8 Å². The van der Waals surface area contributed by atoms with Crippen LogP contribution in [-0.2, 0) is 0 Å². The minimum absolute atomic E-state index is 0.304. The Morgan fingerprint density at radius 1 is 1.08 bits per heavy atom. The molecular weight excluding hydrogens is 299 g/mol. The molecule has 2 aromatic carbocycles. The summed E-state index contributed by atoms with van der Waals surface area (Å²) in [5.74, 6) is -0.394.